The van der Waals surface area contributed by atoms with Gasteiger partial charge in [-0.1, -0.05) is 30.1 Å². The average Bonchev–Trinajstić information content (AvgIpc) is 3.41. The molecule has 0 radical (unpaired) electrons. The van der Waals surface area contributed by atoms with Crippen molar-refractivity contribution in [3.8, 4) is 0 Å². The van der Waals surface area contributed by atoms with Crippen molar-refractivity contribution in [3.05, 3.63) is 39.6 Å². The zero-order valence-corrected chi connectivity index (χ0v) is 20.4. The number of aromatic nitrogens is 3. The van der Waals surface area contributed by atoms with E-state index in [2.05, 4.69) is 31.5 Å². The molecule has 1 aliphatic heterocycles. The molecule has 1 N–H and O–H groups in total. The lowest BCUT2D eigenvalue weighted by atomic mass is 10.1. The summed E-state index contributed by atoms with van der Waals surface area (Å²) in [5.41, 5.74) is 2.19. The van der Waals surface area contributed by atoms with Crippen molar-refractivity contribution in [2.24, 2.45) is 0 Å². The lowest BCUT2D eigenvalue weighted by Gasteiger charge is -2.28. The van der Waals surface area contributed by atoms with Crippen LogP contribution in [0.2, 0.25) is 10.0 Å². The van der Waals surface area contributed by atoms with E-state index in [9.17, 15) is 0 Å². The number of halogens is 3. The molecule has 1 aliphatic rings. The van der Waals surface area contributed by atoms with Crippen LogP contribution in [0.1, 0.15) is 31.0 Å². The summed E-state index contributed by atoms with van der Waals surface area (Å²) in [4.78, 5) is 11.1. The van der Waals surface area contributed by atoms with Gasteiger partial charge >= 0.3 is 0 Å². The van der Waals surface area contributed by atoms with E-state index < -0.39 is 6.17 Å². The second kappa shape index (κ2) is 10.6. The van der Waals surface area contributed by atoms with Crippen LogP contribution in [0.4, 0.5) is 15.3 Å². The van der Waals surface area contributed by atoms with Gasteiger partial charge in [0.15, 0.2) is 0 Å². The summed E-state index contributed by atoms with van der Waals surface area (Å²) in [6.07, 6.45) is 2.83. The maximum absolute atomic E-state index is 15.1. The lowest BCUT2D eigenvalue weighted by Crippen LogP contribution is -2.40. The average molecular weight is 498 g/mol. The first-order chi connectivity index (χ1) is 15.4. The zero-order chi connectivity index (χ0) is 22.7. The van der Waals surface area contributed by atoms with Gasteiger partial charge in [-0.3, -0.25) is 4.90 Å². The van der Waals surface area contributed by atoms with Crippen LogP contribution in [0.25, 0.3) is 10.9 Å². The third-order valence-corrected chi connectivity index (χ3v) is 7.35. The van der Waals surface area contributed by atoms with Crippen LogP contribution < -0.4 is 5.32 Å². The molecule has 0 spiro atoms. The van der Waals surface area contributed by atoms with Gasteiger partial charge in [0.25, 0.3) is 0 Å². The molecule has 32 heavy (non-hydrogen) atoms. The molecule has 1 saturated heterocycles. The Labute approximate surface area is 201 Å². The molecule has 2 atom stereocenters. The minimum Gasteiger partial charge on any atom is -0.380 e. The Morgan fingerprint density at radius 2 is 2.22 bits per heavy atom. The maximum Gasteiger partial charge on any atom is 0.228 e. The first-order valence-corrected chi connectivity index (χ1v) is 12.3. The Kier molecular flexibility index (Phi) is 7.78. The summed E-state index contributed by atoms with van der Waals surface area (Å²) in [5.74, 6) is 0.406. The maximum atomic E-state index is 15.1. The van der Waals surface area contributed by atoms with Crippen LogP contribution >= 0.6 is 34.7 Å². The van der Waals surface area contributed by atoms with E-state index in [4.69, 9.17) is 27.9 Å². The molecule has 2 aromatic heterocycles. The highest BCUT2D eigenvalue weighted by molar-refractivity contribution is 7.11. The molecule has 3 aromatic rings. The number of aryl methyl sites for hydroxylation is 1. The number of alkyl halides is 1. The largest absolute Gasteiger partial charge is 0.380 e. The van der Waals surface area contributed by atoms with Crippen LogP contribution in [-0.4, -0.2) is 57.8 Å². The third-order valence-electron chi connectivity index (χ3n) is 5.57. The number of nitrogens with zero attached hydrogens (tertiary/aromatic N) is 4. The van der Waals surface area contributed by atoms with Crippen LogP contribution in [0.5, 0.6) is 0 Å². The van der Waals surface area contributed by atoms with Crippen LogP contribution in [0, 0.1) is 6.92 Å². The first kappa shape index (κ1) is 23.6. The van der Waals surface area contributed by atoms with E-state index in [1.807, 2.05) is 13.0 Å². The Bertz CT molecular complexity index is 1080. The fourth-order valence-electron chi connectivity index (χ4n) is 3.93. The van der Waals surface area contributed by atoms with Gasteiger partial charge in [0.1, 0.15) is 11.2 Å². The van der Waals surface area contributed by atoms with Gasteiger partial charge in [0.05, 0.1) is 22.8 Å². The third kappa shape index (κ3) is 5.48. The van der Waals surface area contributed by atoms with Crippen molar-refractivity contribution in [2.75, 3.05) is 31.6 Å². The van der Waals surface area contributed by atoms with Crippen LogP contribution in [-0.2, 0) is 11.2 Å². The molecule has 1 fully saturated rings. The van der Waals surface area contributed by atoms with Crippen molar-refractivity contribution < 1.29 is 9.13 Å². The molecule has 1 aromatic carbocycles. The highest BCUT2D eigenvalue weighted by Crippen LogP contribution is 2.32. The van der Waals surface area contributed by atoms with Gasteiger partial charge in [-0.05, 0) is 55.5 Å². The van der Waals surface area contributed by atoms with Gasteiger partial charge in [-0.15, -0.1) is 0 Å². The summed E-state index contributed by atoms with van der Waals surface area (Å²) in [7, 11) is 0. The Morgan fingerprint density at radius 3 is 2.91 bits per heavy atom. The smallest absolute Gasteiger partial charge is 0.228 e. The predicted molar refractivity (Wildman–Crippen MR) is 129 cm³/mol. The minimum atomic E-state index is -1.03. The zero-order valence-electron chi connectivity index (χ0n) is 18.1. The molecule has 172 valence electrons. The van der Waals surface area contributed by atoms with E-state index in [0.717, 1.165) is 42.6 Å². The standard InChI is InChI=1S/C22H26Cl2FN5OS/c1-3-5-30(17-4-6-31-12-17)11-16(25)7-14-9-19-15(8-18(14)23)10-26-22(27-19)28-21-20(24)13(2)29-32-21/h8-10,16-17H,3-7,11-12H2,1-2H3,(H,26,27,28). The number of ether oxygens (including phenoxy) is 1. The number of benzene rings is 1. The first-order valence-electron chi connectivity index (χ1n) is 10.7. The topological polar surface area (TPSA) is 63.2 Å². The summed E-state index contributed by atoms with van der Waals surface area (Å²) in [6, 6.07) is 3.93. The van der Waals surface area contributed by atoms with Gasteiger partial charge < -0.3 is 10.1 Å². The van der Waals surface area contributed by atoms with Crippen molar-refractivity contribution in [3.63, 3.8) is 0 Å². The Balaban J connectivity index is 1.50. The van der Waals surface area contributed by atoms with Gasteiger partial charge in [-0.25, -0.2) is 14.4 Å². The highest BCUT2D eigenvalue weighted by atomic mass is 35.5. The second-order valence-electron chi connectivity index (χ2n) is 8.05. The lowest BCUT2D eigenvalue weighted by molar-refractivity contribution is 0.117. The van der Waals surface area contributed by atoms with Crippen molar-refractivity contribution in [2.45, 2.75) is 45.3 Å². The fraction of sp³-hybridized carbons (Fsp3) is 0.500. The normalized spacial score (nSPS) is 17.4. The molecule has 10 heteroatoms. The number of anilines is 2. The summed E-state index contributed by atoms with van der Waals surface area (Å²) < 4.78 is 24.8. The van der Waals surface area contributed by atoms with Crippen LogP contribution in [0.3, 0.4) is 0 Å². The van der Waals surface area contributed by atoms with Crippen LogP contribution in [0.15, 0.2) is 18.3 Å². The monoisotopic (exact) mass is 497 g/mol. The molecule has 0 saturated carbocycles. The highest BCUT2D eigenvalue weighted by Gasteiger charge is 2.25. The number of hydrogen-bond acceptors (Lipinski definition) is 7. The number of hydrogen-bond donors (Lipinski definition) is 1. The Hall–Kier alpha value is -1.58. The molecule has 6 nitrogen and oxygen atoms in total. The molecule has 4 rings (SSSR count). The fourth-order valence-corrected chi connectivity index (χ4v) is 5.10. The molecule has 0 aliphatic carbocycles. The van der Waals surface area contributed by atoms with E-state index in [0.29, 0.717) is 45.7 Å². The second-order valence-corrected chi connectivity index (χ2v) is 9.60. The minimum absolute atomic E-state index is 0.231. The predicted octanol–water partition coefficient (Wildman–Crippen LogP) is 5.83. The summed E-state index contributed by atoms with van der Waals surface area (Å²) >= 11 is 14.0. The molecule has 3 heterocycles. The van der Waals surface area contributed by atoms with E-state index in [-0.39, 0.29) is 6.42 Å². The summed E-state index contributed by atoms with van der Waals surface area (Å²) in [5, 5.41) is 5.67. The van der Waals surface area contributed by atoms with Gasteiger partial charge in [-0.2, -0.15) is 4.37 Å². The molecule has 0 amide bonds. The van der Waals surface area contributed by atoms with Crippen molar-refractivity contribution in [1.82, 2.24) is 19.2 Å². The van der Waals surface area contributed by atoms with E-state index in [1.165, 1.54) is 11.5 Å². The van der Waals surface area contributed by atoms with Gasteiger partial charge in [0.2, 0.25) is 5.95 Å². The van der Waals surface area contributed by atoms with Gasteiger partial charge in [0, 0.05) is 42.2 Å². The van der Waals surface area contributed by atoms with Crippen molar-refractivity contribution >= 4 is 56.6 Å². The quantitative estimate of drug-likeness (QED) is 0.401. The van der Waals surface area contributed by atoms with E-state index >= 15 is 4.39 Å². The summed E-state index contributed by atoms with van der Waals surface area (Å²) in [6.45, 7) is 6.62. The molecule has 2 unspecified atom stereocenters. The Morgan fingerprint density at radius 1 is 1.38 bits per heavy atom. The number of nitrogens with one attached hydrogen (secondary N) is 1. The molecule has 0 bridgehead atoms. The SMILES string of the molecule is CCCN(CC(F)Cc1cc2nc(Nc3snc(C)c3Cl)ncc2cc1Cl)C1CCOC1. The molecular formula is C22H26Cl2FN5OS. The number of fused-ring (bicyclic) bond motifs is 1. The van der Waals surface area contributed by atoms with Crippen molar-refractivity contribution in [1.29, 1.82) is 0 Å². The molecular weight excluding hydrogens is 472 g/mol. The number of rotatable bonds is 9. The van der Waals surface area contributed by atoms with E-state index in [1.54, 1.807) is 12.3 Å².